The molecule has 7 rings (SSSR count). The van der Waals surface area contributed by atoms with Gasteiger partial charge in [0.25, 0.3) is 11.8 Å². The van der Waals surface area contributed by atoms with E-state index in [4.69, 9.17) is 19.9 Å². The second kappa shape index (κ2) is 32.9. The highest BCUT2D eigenvalue weighted by Gasteiger charge is 2.33. The van der Waals surface area contributed by atoms with Gasteiger partial charge in [0.05, 0.1) is 30.1 Å². The molecule has 90 heavy (non-hydrogen) atoms. The minimum Gasteiger partial charge on any atom is -0.457 e. The number of unbranched alkanes of at least 4 members (excludes halogenated alkanes) is 2. The Morgan fingerprint density at radius 3 is 2.16 bits per heavy atom. The molecule has 8 amide bonds. The minimum atomic E-state index is -1.02. The molecule has 3 aromatic rings. The number of rotatable bonds is 24. The van der Waals surface area contributed by atoms with Crippen LogP contribution >= 0.6 is 0 Å². The summed E-state index contributed by atoms with van der Waals surface area (Å²) < 4.78 is 35.1. The van der Waals surface area contributed by atoms with Gasteiger partial charge in [0.2, 0.25) is 11.8 Å². The summed E-state index contributed by atoms with van der Waals surface area (Å²) in [4.78, 5) is 134. The second-order valence-corrected chi connectivity index (χ2v) is 24.5. The molecule has 2 saturated heterocycles. The number of aliphatic hydroxyl groups excluding tert-OH is 1. The van der Waals surface area contributed by atoms with Crippen molar-refractivity contribution in [2.75, 3.05) is 52.4 Å². The lowest BCUT2D eigenvalue weighted by molar-refractivity contribution is -0.151. The highest BCUT2D eigenvalue weighted by atomic mass is 19.1. The summed E-state index contributed by atoms with van der Waals surface area (Å²) in [5.74, 6) is -4.39. The van der Waals surface area contributed by atoms with Crippen molar-refractivity contribution >= 4 is 76.5 Å². The Morgan fingerprint density at radius 1 is 0.833 bits per heavy atom. The van der Waals surface area contributed by atoms with E-state index < -0.39 is 72.1 Å². The standard InChI is InChI=1S/C65H87FN10O14/c1-40(2)51(37-49(78)11-8-7-9-26-75-57(81)21-22-58(75)82)62(84)69-53(12-10-25-68-63(67)85)55(80)36-45-15-17-46(18-16-45)39-88-64(86)73-29-31-74(32-30-73)65(87)89-56-20-14-42(4)61(90-59(83)38-50(79)19-13-41(56)3)43(5)33-47-34-52(66)60-54(35-47)76(71-70-60)48-23-27-72(28-24-48)44(6)77/h14-18,20-22,33-35,40-42,48,50-51,53,56,61,79H,7-13,19,23-32,36-39H2,1-6H3,(H,69,84)(H3,67,68,85)/b20-14+,43-33+/t41-,42-,50+,51-,53-,56-,61-/m0/s1. The van der Waals surface area contributed by atoms with E-state index in [1.165, 1.54) is 34.9 Å². The second-order valence-electron chi connectivity index (χ2n) is 24.5. The number of urea groups is 1. The Bertz CT molecular complexity index is 3150. The quantitative estimate of drug-likeness (QED) is 0.0239. The molecule has 0 bridgehead atoms. The van der Waals surface area contributed by atoms with Crippen molar-refractivity contribution in [1.29, 1.82) is 0 Å². The van der Waals surface area contributed by atoms with Gasteiger partial charge >= 0.3 is 24.2 Å². The van der Waals surface area contributed by atoms with Crippen molar-refractivity contribution in [3.63, 3.8) is 0 Å². The average molecular weight is 1250 g/mol. The number of nitrogens with two attached hydrogens (primary N) is 1. The number of fused-ring (bicyclic) bond motifs is 1. The summed E-state index contributed by atoms with van der Waals surface area (Å²) in [6.45, 7) is 12.8. The van der Waals surface area contributed by atoms with Crippen LogP contribution in [0, 0.1) is 29.5 Å². The molecule has 1 aromatic heterocycles. The van der Waals surface area contributed by atoms with Crippen LogP contribution < -0.4 is 16.4 Å². The summed E-state index contributed by atoms with van der Waals surface area (Å²) in [5.41, 5.74) is 8.24. The fraction of sp³-hybridized carbons (Fsp3) is 0.569. The van der Waals surface area contributed by atoms with Gasteiger partial charge < -0.3 is 50.4 Å². The van der Waals surface area contributed by atoms with Gasteiger partial charge in [-0.25, -0.2) is 23.5 Å². The van der Waals surface area contributed by atoms with Crippen molar-refractivity contribution in [2.24, 2.45) is 29.4 Å². The molecule has 0 aliphatic carbocycles. The lowest BCUT2D eigenvalue weighted by atomic mass is 9.88. The van der Waals surface area contributed by atoms with E-state index in [2.05, 4.69) is 20.9 Å². The number of cyclic esters (lactones) is 1. The molecular formula is C65H87FN10O14. The van der Waals surface area contributed by atoms with Gasteiger partial charge in [-0.1, -0.05) is 75.7 Å². The van der Waals surface area contributed by atoms with Crippen LogP contribution in [0.25, 0.3) is 17.1 Å². The number of carbonyl (C=O) groups is 10. The third kappa shape index (κ3) is 19.8. The maximum Gasteiger partial charge on any atom is 0.410 e. The first-order chi connectivity index (χ1) is 42.9. The van der Waals surface area contributed by atoms with Crippen LogP contribution in [-0.2, 0) is 60.8 Å². The molecule has 24 nitrogen and oxygen atoms in total. The molecule has 2 aromatic carbocycles. The van der Waals surface area contributed by atoms with Gasteiger partial charge in [-0.05, 0) is 111 Å². The predicted molar refractivity (Wildman–Crippen MR) is 329 cm³/mol. The maximum absolute atomic E-state index is 15.6. The van der Waals surface area contributed by atoms with Crippen LogP contribution in [0.4, 0.5) is 18.8 Å². The molecule has 0 radical (unpaired) electrons. The van der Waals surface area contributed by atoms with Crippen LogP contribution in [-0.4, -0.2) is 176 Å². The Balaban J connectivity index is 0.890. The Morgan fingerprint density at radius 2 is 1.50 bits per heavy atom. The Kier molecular flexibility index (Phi) is 25.3. The van der Waals surface area contributed by atoms with Crippen molar-refractivity contribution in [3.8, 4) is 0 Å². The number of Topliss-reactive ketones (excluding diaryl/α,β-unsaturated/α-hetero) is 2. The van der Waals surface area contributed by atoms with Crippen LogP contribution in [0.15, 0.2) is 66.3 Å². The highest BCUT2D eigenvalue weighted by Crippen LogP contribution is 2.31. The molecule has 0 unspecified atom stereocenters. The molecule has 25 heteroatoms. The van der Waals surface area contributed by atoms with Gasteiger partial charge in [0.1, 0.15) is 30.1 Å². The highest BCUT2D eigenvalue weighted by molar-refractivity contribution is 6.12. The zero-order valence-electron chi connectivity index (χ0n) is 52.4. The van der Waals surface area contributed by atoms with E-state index >= 15 is 4.39 Å². The monoisotopic (exact) mass is 1250 g/mol. The molecule has 5 N–H and O–H groups in total. The number of likely N-dealkylation sites (tertiary alicyclic amines) is 1. The molecule has 0 saturated carbocycles. The van der Waals surface area contributed by atoms with Gasteiger partial charge in [0, 0.05) is 103 Å². The van der Waals surface area contributed by atoms with E-state index in [0.717, 1.165) is 4.90 Å². The fourth-order valence-electron chi connectivity index (χ4n) is 11.7. The Hall–Kier alpha value is -8.35. The number of amides is 8. The number of imide groups is 1. The summed E-state index contributed by atoms with van der Waals surface area (Å²) in [7, 11) is 0. The number of ether oxygens (including phenoxy) is 3. The Labute approximate surface area is 524 Å². The number of aliphatic hydroxyl groups is 1. The molecule has 488 valence electrons. The number of primary amides is 1. The van der Waals surface area contributed by atoms with Gasteiger partial charge in [-0.15, -0.1) is 5.10 Å². The number of piperazine rings is 1. The molecule has 4 aliphatic rings. The van der Waals surface area contributed by atoms with Crippen LogP contribution in [0.3, 0.4) is 0 Å². The zero-order chi connectivity index (χ0) is 65.2. The largest absolute Gasteiger partial charge is 0.457 e. The minimum absolute atomic E-state index is 0.00173. The molecule has 2 fully saturated rings. The van der Waals surface area contributed by atoms with Crippen LogP contribution in [0.1, 0.15) is 141 Å². The normalized spacial score (nSPS) is 21.5. The third-order valence-corrected chi connectivity index (χ3v) is 17.2. The topological polar surface area (TPSA) is 312 Å². The SMILES string of the molecule is CC(=O)N1CCC(n2nnc3c(F)cc(/C=C(\C)[C@H]4OC(=O)C[C@H](O)CC[C@H](C)[C@@H](OC(=O)N5CCN(C(=O)OCc6ccc(CC(=O)[C@H](CCCNC(N)=O)NC(=O)[C@@H](CC(=O)CCCCCN7C(=O)C=CC7=O)C(C)C)cc6)CC5)/C=C/[C@@H]4C)cc32)CC1. The third-order valence-electron chi connectivity index (χ3n) is 17.2. The summed E-state index contributed by atoms with van der Waals surface area (Å²) in [5, 5.41) is 24.7. The average Bonchev–Trinajstić information content (AvgIpc) is 2.00. The van der Waals surface area contributed by atoms with Crippen molar-refractivity contribution in [3.05, 3.63) is 88.8 Å². The van der Waals surface area contributed by atoms with E-state index in [1.807, 2.05) is 33.8 Å². The van der Waals surface area contributed by atoms with Gasteiger partial charge in [-0.3, -0.25) is 38.5 Å². The number of esters is 1. The van der Waals surface area contributed by atoms with Gasteiger partial charge in [0.15, 0.2) is 11.6 Å². The number of nitrogens with one attached hydrogen (secondary N) is 2. The molecule has 5 heterocycles. The summed E-state index contributed by atoms with van der Waals surface area (Å²) in [6.07, 6.45) is 8.04. The van der Waals surface area contributed by atoms with Crippen LogP contribution in [0.5, 0.6) is 0 Å². The molecule has 7 atom stereocenters. The van der Waals surface area contributed by atoms with E-state index in [0.29, 0.717) is 85.8 Å². The number of aromatic nitrogens is 3. The van der Waals surface area contributed by atoms with Crippen molar-refractivity contribution in [1.82, 2.24) is 45.2 Å². The summed E-state index contributed by atoms with van der Waals surface area (Å²) >= 11 is 0. The molecular weight excluding hydrogens is 1160 g/mol. The smallest absolute Gasteiger partial charge is 0.410 e. The predicted octanol–water partition coefficient (Wildman–Crippen LogP) is 6.66. The first kappa shape index (κ1) is 69.1. The number of carbonyl (C=O) groups excluding carboxylic acids is 10. The van der Waals surface area contributed by atoms with E-state index in [9.17, 15) is 53.1 Å². The number of hydrogen-bond acceptors (Lipinski definition) is 16. The fourth-order valence-corrected chi connectivity index (χ4v) is 11.7. The first-order valence-corrected chi connectivity index (χ1v) is 31.3. The lowest BCUT2D eigenvalue weighted by Crippen LogP contribution is -2.51. The van der Waals surface area contributed by atoms with E-state index in [1.54, 1.807) is 59.0 Å². The van der Waals surface area contributed by atoms with Crippen LogP contribution in [0.2, 0.25) is 0 Å². The zero-order valence-corrected chi connectivity index (χ0v) is 52.4. The number of nitrogens with zero attached hydrogens (tertiary/aromatic N) is 7. The van der Waals surface area contributed by atoms with Crippen molar-refractivity contribution in [2.45, 2.75) is 162 Å². The number of benzene rings is 2. The summed E-state index contributed by atoms with van der Waals surface area (Å²) in [6, 6.07) is 8.30. The number of ketones is 2. The number of hydrogen-bond donors (Lipinski definition) is 4. The molecule has 4 aliphatic heterocycles. The van der Waals surface area contributed by atoms with Gasteiger partial charge in [-0.2, -0.15) is 0 Å². The van der Waals surface area contributed by atoms with Crippen molar-refractivity contribution < 1.29 is 71.7 Å². The first-order valence-electron chi connectivity index (χ1n) is 31.3. The lowest BCUT2D eigenvalue weighted by Gasteiger charge is -2.35. The molecule has 0 spiro atoms. The van der Waals surface area contributed by atoms with E-state index in [-0.39, 0.29) is 137 Å². The maximum atomic E-state index is 15.6. The number of halogens is 1. The number of piperidine rings is 1.